The first kappa shape index (κ1) is 12.0. The monoisotopic (exact) mass is 260 g/mol. The predicted octanol–water partition coefficient (Wildman–Crippen LogP) is 3.57. The molecule has 0 saturated heterocycles. The Morgan fingerprint density at radius 1 is 1.16 bits per heavy atom. The first-order valence-corrected chi connectivity index (χ1v) is 7.95. The molecule has 2 nitrogen and oxygen atoms in total. The summed E-state index contributed by atoms with van der Waals surface area (Å²) in [5.74, 6) is 4.28. The lowest BCUT2D eigenvalue weighted by molar-refractivity contribution is -0.148. The maximum absolute atomic E-state index is 11.8. The van der Waals surface area contributed by atoms with Crippen molar-refractivity contribution < 1.29 is 9.53 Å². The van der Waals surface area contributed by atoms with Crippen molar-refractivity contribution in [3.63, 3.8) is 0 Å². The summed E-state index contributed by atoms with van der Waals surface area (Å²) in [6.45, 7) is 6.14. The maximum atomic E-state index is 11.8. The maximum Gasteiger partial charge on any atom is 0.333 e. The molecule has 0 N–H and O–H groups in total. The van der Waals surface area contributed by atoms with E-state index in [2.05, 4.69) is 6.58 Å². The molecule has 4 unspecified atom stereocenters. The minimum absolute atomic E-state index is 0.182. The van der Waals surface area contributed by atoms with Gasteiger partial charge in [0, 0.05) is 11.0 Å². The zero-order chi connectivity index (χ0) is 13.2. The van der Waals surface area contributed by atoms with Crippen LogP contribution in [0.2, 0.25) is 0 Å². The molecule has 104 valence electrons. The van der Waals surface area contributed by atoms with Crippen LogP contribution in [-0.4, -0.2) is 12.6 Å². The van der Waals surface area contributed by atoms with Crippen molar-refractivity contribution in [3.05, 3.63) is 12.2 Å². The second-order valence-corrected chi connectivity index (χ2v) is 7.53. The van der Waals surface area contributed by atoms with Crippen molar-refractivity contribution in [2.45, 2.75) is 45.4 Å². The summed E-state index contributed by atoms with van der Waals surface area (Å²) in [5.41, 5.74) is 0.913. The highest BCUT2D eigenvalue weighted by Crippen LogP contribution is 2.74. The summed E-state index contributed by atoms with van der Waals surface area (Å²) in [6.07, 6.45) is 8.48. The van der Waals surface area contributed by atoms with Gasteiger partial charge < -0.3 is 4.74 Å². The van der Waals surface area contributed by atoms with Gasteiger partial charge in [0.2, 0.25) is 0 Å². The van der Waals surface area contributed by atoms with E-state index in [1.54, 1.807) is 6.92 Å². The van der Waals surface area contributed by atoms with Crippen LogP contribution >= 0.6 is 0 Å². The fourth-order valence-corrected chi connectivity index (χ4v) is 6.45. The molecule has 0 aromatic heterocycles. The third kappa shape index (κ3) is 1.41. The van der Waals surface area contributed by atoms with Crippen molar-refractivity contribution in [2.75, 3.05) is 6.61 Å². The lowest BCUT2D eigenvalue weighted by Crippen LogP contribution is -2.45. The van der Waals surface area contributed by atoms with Gasteiger partial charge in [-0.25, -0.2) is 4.79 Å². The van der Waals surface area contributed by atoms with Gasteiger partial charge in [0.1, 0.15) is 0 Å². The molecule has 4 aliphatic rings. The Labute approximate surface area is 115 Å². The Morgan fingerprint density at radius 3 is 2.26 bits per heavy atom. The fourth-order valence-electron chi connectivity index (χ4n) is 6.45. The number of carbonyl (C=O) groups is 1. The van der Waals surface area contributed by atoms with Gasteiger partial charge >= 0.3 is 5.97 Å². The molecule has 0 amide bonds. The second-order valence-electron chi connectivity index (χ2n) is 7.53. The lowest BCUT2D eigenvalue weighted by atomic mass is 9.59. The number of carbonyl (C=O) groups excluding carboxylic acids is 1. The average Bonchev–Trinajstić information content (AvgIpc) is 3.12. The minimum atomic E-state index is -0.182. The molecule has 0 radical (unpaired) electrons. The normalized spacial score (nSPS) is 49.4. The molecule has 0 aromatic carbocycles. The summed E-state index contributed by atoms with van der Waals surface area (Å²) < 4.78 is 5.66. The van der Waals surface area contributed by atoms with Crippen LogP contribution in [0.25, 0.3) is 0 Å². The van der Waals surface area contributed by atoms with E-state index in [0.29, 0.717) is 17.6 Å². The lowest BCUT2D eigenvalue weighted by Gasteiger charge is -2.46. The fraction of sp³-hybridized carbons (Fsp3) is 0.824. The summed E-state index contributed by atoms with van der Waals surface area (Å²) in [4.78, 5) is 11.8. The van der Waals surface area contributed by atoms with E-state index in [4.69, 9.17) is 4.74 Å². The number of fused-ring (bicyclic) bond motifs is 9. The number of esters is 1. The average molecular weight is 260 g/mol. The van der Waals surface area contributed by atoms with E-state index in [0.717, 1.165) is 29.6 Å². The molecule has 0 heterocycles. The standard InChI is InChI=1S/C17H24O2/c1-10(2)16(18)19-9-17-13-5-3-11(7-13)15(17)12-4-6-14(17)8-12/h11-15H,1,3-9H2,2H3. The highest BCUT2D eigenvalue weighted by atomic mass is 16.5. The van der Waals surface area contributed by atoms with Crippen LogP contribution in [0.3, 0.4) is 0 Å². The molecular weight excluding hydrogens is 236 g/mol. The quantitative estimate of drug-likeness (QED) is 0.440. The van der Waals surface area contributed by atoms with Crippen LogP contribution in [0.4, 0.5) is 0 Å². The molecule has 19 heavy (non-hydrogen) atoms. The van der Waals surface area contributed by atoms with E-state index < -0.39 is 0 Å². The summed E-state index contributed by atoms with van der Waals surface area (Å²) in [5, 5.41) is 0. The highest BCUT2D eigenvalue weighted by Gasteiger charge is 2.69. The molecule has 4 atom stereocenters. The van der Waals surface area contributed by atoms with Crippen LogP contribution in [-0.2, 0) is 9.53 Å². The Bertz CT molecular complexity index is 417. The van der Waals surface area contributed by atoms with Gasteiger partial charge in [-0.3, -0.25) is 0 Å². The minimum Gasteiger partial charge on any atom is -0.462 e. The third-order valence-electron chi connectivity index (χ3n) is 6.90. The van der Waals surface area contributed by atoms with Crippen LogP contribution in [0.15, 0.2) is 12.2 Å². The van der Waals surface area contributed by atoms with Crippen molar-refractivity contribution in [3.8, 4) is 0 Å². The Hall–Kier alpha value is -0.790. The molecule has 4 fully saturated rings. The molecule has 0 spiro atoms. The van der Waals surface area contributed by atoms with Crippen LogP contribution < -0.4 is 0 Å². The Morgan fingerprint density at radius 2 is 1.74 bits per heavy atom. The molecule has 0 aromatic rings. The van der Waals surface area contributed by atoms with Gasteiger partial charge in [-0.05, 0) is 75.0 Å². The van der Waals surface area contributed by atoms with Crippen molar-refractivity contribution in [1.29, 1.82) is 0 Å². The Balaban J connectivity index is 1.60. The molecule has 2 heteroatoms. The highest BCUT2D eigenvalue weighted by molar-refractivity contribution is 5.86. The smallest absolute Gasteiger partial charge is 0.333 e. The number of rotatable bonds is 3. The van der Waals surface area contributed by atoms with Crippen molar-refractivity contribution in [1.82, 2.24) is 0 Å². The second kappa shape index (κ2) is 3.86. The van der Waals surface area contributed by atoms with E-state index >= 15 is 0 Å². The molecule has 4 bridgehead atoms. The molecule has 0 aliphatic heterocycles. The predicted molar refractivity (Wildman–Crippen MR) is 73.4 cm³/mol. The van der Waals surface area contributed by atoms with E-state index in [9.17, 15) is 4.79 Å². The van der Waals surface area contributed by atoms with Crippen LogP contribution in [0.1, 0.15) is 45.4 Å². The third-order valence-corrected chi connectivity index (χ3v) is 6.90. The van der Waals surface area contributed by atoms with Crippen molar-refractivity contribution in [2.24, 2.45) is 35.0 Å². The van der Waals surface area contributed by atoms with Crippen molar-refractivity contribution >= 4 is 5.97 Å². The zero-order valence-electron chi connectivity index (χ0n) is 11.9. The summed E-state index contributed by atoms with van der Waals surface area (Å²) in [7, 11) is 0. The summed E-state index contributed by atoms with van der Waals surface area (Å²) in [6, 6.07) is 0. The first-order chi connectivity index (χ1) is 9.13. The molecule has 4 aliphatic carbocycles. The SMILES string of the molecule is C=C(C)C(=O)OCC12C3CCC(C3)C1C1CCC2C1. The molecule has 4 saturated carbocycles. The Kier molecular flexibility index (Phi) is 2.44. The molecule has 4 rings (SSSR count). The van der Waals surface area contributed by atoms with Gasteiger partial charge in [-0.1, -0.05) is 6.58 Å². The molecular formula is C17H24O2. The van der Waals surface area contributed by atoms with Gasteiger partial charge in [0.05, 0.1) is 6.61 Å². The number of hydrogen-bond acceptors (Lipinski definition) is 2. The number of hydrogen-bond donors (Lipinski definition) is 0. The van der Waals surface area contributed by atoms with Gasteiger partial charge in [-0.15, -0.1) is 0 Å². The van der Waals surface area contributed by atoms with E-state index in [1.807, 2.05) is 0 Å². The van der Waals surface area contributed by atoms with Gasteiger partial charge in [0.15, 0.2) is 0 Å². The summed E-state index contributed by atoms with van der Waals surface area (Å²) >= 11 is 0. The number of ether oxygens (including phenoxy) is 1. The zero-order valence-corrected chi connectivity index (χ0v) is 11.9. The van der Waals surface area contributed by atoms with E-state index in [1.165, 1.54) is 38.5 Å². The first-order valence-electron chi connectivity index (χ1n) is 7.95. The van der Waals surface area contributed by atoms with Gasteiger partial charge in [-0.2, -0.15) is 0 Å². The van der Waals surface area contributed by atoms with E-state index in [-0.39, 0.29) is 5.97 Å². The topological polar surface area (TPSA) is 26.3 Å². The largest absolute Gasteiger partial charge is 0.462 e. The van der Waals surface area contributed by atoms with Crippen LogP contribution in [0.5, 0.6) is 0 Å². The van der Waals surface area contributed by atoms with Gasteiger partial charge in [0.25, 0.3) is 0 Å². The van der Waals surface area contributed by atoms with Crippen LogP contribution in [0, 0.1) is 35.0 Å².